The smallest absolute Gasteiger partial charge is 0.233 e. The van der Waals surface area contributed by atoms with Crippen molar-refractivity contribution in [3.63, 3.8) is 0 Å². The van der Waals surface area contributed by atoms with Crippen molar-refractivity contribution in [1.82, 2.24) is 20.1 Å². The molecule has 1 aliphatic rings. The zero-order valence-electron chi connectivity index (χ0n) is 16.3. The van der Waals surface area contributed by atoms with E-state index in [1.807, 2.05) is 32.9 Å². The number of anilines is 1. The van der Waals surface area contributed by atoms with E-state index in [0.717, 1.165) is 35.4 Å². The average Bonchev–Trinajstić information content (AvgIpc) is 3.05. The highest BCUT2D eigenvalue weighted by molar-refractivity contribution is 8.00. The average molecular weight is 390 g/mol. The van der Waals surface area contributed by atoms with Crippen molar-refractivity contribution < 1.29 is 9.53 Å². The lowest BCUT2D eigenvalue weighted by Gasteiger charge is -2.28. The minimum atomic E-state index is -0.267. The lowest BCUT2D eigenvalue weighted by molar-refractivity contribution is -0.120. The third-order valence-corrected chi connectivity index (χ3v) is 5.39. The maximum atomic E-state index is 12.4. The number of carbonyl (C=O) groups is 1. The van der Waals surface area contributed by atoms with Crippen molar-refractivity contribution in [3.8, 4) is 5.69 Å². The first-order valence-corrected chi connectivity index (χ1v) is 10.2. The molecule has 0 radical (unpaired) electrons. The SMILES string of the molecule is Cc1ccccc1-n1c(SC(C)C(=O)NC(C)C)nnc1N1CCOCC1. The molecule has 7 nitrogen and oxygen atoms in total. The first-order chi connectivity index (χ1) is 13.0. The Balaban J connectivity index is 1.95. The van der Waals surface area contributed by atoms with E-state index in [-0.39, 0.29) is 17.2 Å². The Bertz CT molecular complexity index is 786. The largest absolute Gasteiger partial charge is 0.378 e. The van der Waals surface area contributed by atoms with Crippen LogP contribution in [0.3, 0.4) is 0 Å². The maximum Gasteiger partial charge on any atom is 0.233 e. The van der Waals surface area contributed by atoms with Crippen LogP contribution in [-0.2, 0) is 9.53 Å². The minimum absolute atomic E-state index is 0.00209. The number of rotatable bonds is 6. The zero-order valence-corrected chi connectivity index (χ0v) is 17.1. The summed E-state index contributed by atoms with van der Waals surface area (Å²) in [6.07, 6.45) is 0. The van der Waals surface area contributed by atoms with Gasteiger partial charge in [0.25, 0.3) is 0 Å². The first-order valence-electron chi connectivity index (χ1n) is 9.28. The van der Waals surface area contributed by atoms with Crippen molar-refractivity contribution in [2.24, 2.45) is 0 Å². The summed E-state index contributed by atoms with van der Waals surface area (Å²) in [5, 5.41) is 12.3. The third-order valence-electron chi connectivity index (χ3n) is 4.35. The molecule has 2 aromatic rings. The predicted molar refractivity (Wildman–Crippen MR) is 108 cm³/mol. The molecule has 3 rings (SSSR count). The Labute approximate surface area is 164 Å². The molecule has 27 heavy (non-hydrogen) atoms. The van der Waals surface area contributed by atoms with Gasteiger partial charge in [-0.25, -0.2) is 0 Å². The van der Waals surface area contributed by atoms with Crippen molar-refractivity contribution >= 4 is 23.6 Å². The third kappa shape index (κ3) is 4.62. The lowest BCUT2D eigenvalue weighted by Crippen LogP contribution is -2.38. The normalized spacial score (nSPS) is 15.8. The van der Waals surface area contributed by atoms with Crippen LogP contribution in [0.4, 0.5) is 5.95 Å². The maximum absolute atomic E-state index is 12.4. The second-order valence-electron chi connectivity index (χ2n) is 6.93. The van der Waals surface area contributed by atoms with E-state index >= 15 is 0 Å². The Morgan fingerprint density at radius 2 is 1.89 bits per heavy atom. The summed E-state index contributed by atoms with van der Waals surface area (Å²) in [5.41, 5.74) is 2.16. The Morgan fingerprint density at radius 1 is 1.19 bits per heavy atom. The number of morpholine rings is 1. The van der Waals surface area contributed by atoms with E-state index in [4.69, 9.17) is 4.74 Å². The monoisotopic (exact) mass is 389 g/mol. The number of hydrogen-bond donors (Lipinski definition) is 1. The van der Waals surface area contributed by atoms with E-state index in [9.17, 15) is 4.79 Å². The lowest BCUT2D eigenvalue weighted by atomic mass is 10.2. The molecular formula is C19H27N5O2S. The molecule has 1 aromatic carbocycles. The van der Waals surface area contributed by atoms with Gasteiger partial charge in [0.05, 0.1) is 24.2 Å². The number of ether oxygens (including phenoxy) is 1. The fourth-order valence-corrected chi connectivity index (χ4v) is 3.81. The molecule has 1 saturated heterocycles. The second-order valence-corrected chi connectivity index (χ2v) is 8.24. The molecule has 1 fully saturated rings. The molecule has 0 aliphatic carbocycles. The molecule has 1 amide bonds. The van der Waals surface area contributed by atoms with Gasteiger partial charge in [-0.05, 0) is 39.3 Å². The van der Waals surface area contributed by atoms with E-state index in [1.54, 1.807) is 0 Å². The van der Waals surface area contributed by atoms with Gasteiger partial charge in [0, 0.05) is 19.1 Å². The molecule has 146 valence electrons. The van der Waals surface area contributed by atoms with Crippen LogP contribution in [-0.4, -0.2) is 58.3 Å². The summed E-state index contributed by atoms with van der Waals surface area (Å²) in [7, 11) is 0. The van der Waals surface area contributed by atoms with Gasteiger partial charge in [0.1, 0.15) is 0 Å². The van der Waals surface area contributed by atoms with Crippen molar-refractivity contribution in [2.45, 2.75) is 44.1 Å². The van der Waals surface area contributed by atoms with E-state index in [2.05, 4.69) is 44.0 Å². The van der Waals surface area contributed by atoms with Crippen LogP contribution < -0.4 is 10.2 Å². The quantitative estimate of drug-likeness (QED) is 0.765. The summed E-state index contributed by atoms with van der Waals surface area (Å²) in [5.74, 6) is 0.800. The van der Waals surface area contributed by atoms with Gasteiger partial charge in [0.2, 0.25) is 11.9 Å². The van der Waals surface area contributed by atoms with Crippen LogP contribution in [0.1, 0.15) is 26.3 Å². The van der Waals surface area contributed by atoms with Gasteiger partial charge in [-0.15, -0.1) is 10.2 Å². The number of nitrogens with one attached hydrogen (secondary N) is 1. The number of aromatic nitrogens is 3. The number of nitrogens with zero attached hydrogens (tertiary/aromatic N) is 4. The van der Waals surface area contributed by atoms with E-state index in [1.165, 1.54) is 11.8 Å². The van der Waals surface area contributed by atoms with Gasteiger partial charge < -0.3 is 15.0 Å². The number of thioether (sulfide) groups is 1. The summed E-state index contributed by atoms with van der Waals surface area (Å²) in [6.45, 7) is 10.8. The molecule has 0 saturated carbocycles. The van der Waals surface area contributed by atoms with E-state index < -0.39 is 0 Å². The van der Waals surface area contributed by atoms with Gasteiger partial charge in [0.15, 0.2) is 5.16 Å². The number of hydrogen-bond acceptors (Lipinski definition) is 6. The molecule has 1 aliphatic heterocycles. The fraction of sp³-hybridized carbons (Fsp3) is 0.526. The molecular weight excluding hydrogens is 362 g/mol. The number of aryl methyl sites for hydroxylation is 1. The molecule has 1 atom stereocenters. The molecule has 0 spiro atoms. The first kappa shape index (κ1) is 19.7. The summed E-state index contributed by atoms with van der Waals surface area (Å²) >= 11 is 1.43. The predicted octanol–water partition coefficient (Wildman–Crippen LogP) is 2.42. The van der Waals surface area contributed by atoms with Gasteiger partial charge in [-0.2, -0.15) is 0 Å². The van der Waals surface area contributed by atoms with Crippen molar-refractivity contribution in [2.75, 3.05) is 31.2 Å². The highest BCUT2D eigenvalue weighted by Gasteiger charge is 2.25. The Kier molecular flexibility index (Phi) is 6.38. The molecule has 8 heteroatoms. The highest BCUT2D eigenvalue weighted by Crippen LogP contribution is 2.31. The number of carbonyl (C=O) groups excluding carboxylic acids is 1. The molecule has 1 N–H and O–H groups in total. The highest BCUT2D eigenvalue weighted by atomic mass is 32.2. The number of para-hydroxylation sites is 1. The van der Waals surface area contributed by atoms with Crippen LogP contribution in [0.5, 0.6) is 0 Å². The number of benzene rings is 1. The van der Waals surface area contributed by atoms with Gasteiger partial charge >= 0.3 is 0 Å². The van der Waals surface area contributed by atoms with Crippen LogP contribution in [0.15, 0.2) is 29.4 Å². The molecule has 0 bridgehead atoms. The number of amides is 1. The van der Waals surface area contributed by atoms with E-state index in [0.29, 0.717) is 13.2 Å². The summed E-state index contributed by atoms with van der Waals surface area (Å²) in [4.78, 5) is 14.6. The second kappa shape index (κ2) is 8.75. The molecule has 1 unspecified atom stereocenters. The minimum Gasteiger partial charge on any atom is -0.378 e. The van der Waals surface area contributed by atoms with Crippen molar-refractivity contribution in [1.29, 1.82) is 0 Å². The zero-order chi connectivity index (χ0) is 19.4. The summed E-state index contributed by atoms with van der Waals surface area (Å²) < 4.78 is 7.53. The fourth-order valence-electron chi connectivity index (χ4n) is 2.95. The Hall–Kier alpha value is -2.06. The van der Waals surface area contributed by atoms with Crippen LogP contribution >= 0.6 is 11.8 Å². The topological polar surface area (TPSA) is 72.3 Å². The summed E-state index contributed by atoms with van der Waals surface area (Å²) in [6, 6.07) is 8.27. The molecule has 1 aromatic heterocycles. The van der Waals surface area contributed by atoms with Crippen LogP contribution in [0.2, 0.25) is 0 Å². The van der Waals surface area contributed by atoms with Crippen molar-refractivity contribution in [3.05, 3.63) is 29.8 Å². The van der Waals surface area contributed by atoms with Crippen LogP contribution in [0.25, 0.3) is 5.69 Å². The standard InChI is InChI=1S/C19H27N5O2S/c1-13(2)20-17(25)15(4)27-19-22-21-18(23-9-11-26-12-10-23)24(19)16-8-6-5-7-14(16)3/h5-8,13,15H,9-12H2,1-4H3,(H,20,25). The van der Waals surface area contributed by atoms with Gasteiger partial charge in [-0.3, -0.25) is 9.36 Å². The molecule has 2 heterocycles. The van der Waals surface area contributed by atoms with Gasteiger partial charge in [-0.1, -0.05) is 30.0 Å². The Morgan fingerprint density at radius 3 is 2.56 bits per heavy atom. The van der Waals surface area contributed by atoms with Crippen LogP contribution in [0, 0.1) is 6.92 Å².